The fourth-order valence-corrected chi connectivity index (χ4v) is 1.73. The highest BCUT2D eigenvalue weighted by atomic mass is 16.5. The van der Waals surface area contributed by atoms with E-state index in [1.165, 1.54) is 0 Å². The summed E-state index contributed by atoms with van der Waals surface area (Å²) in [6.07, 6.45) is 5.87. The smallest absolute Gasteiger partial charge is 0.198 e. The standard InChI is InChI=1S/C10H14N2O2/c13-9(10-11-3-4-12-10)7-8-1-5-14-6-2-8/h3-4,8H,1-2,5-7H2,(H,11,12). The van der Waals surface area contributed by atoms with Gasteiger partial charge in [0.25, 0.3) is 0 Å². The van der Waals surface area contributed by atoms with Gasteiger partial charge in [0.1, 0.15) is 0 Å². The second-order valence-corrected chi connectivity index (χ2v) is 3.62. The van der Waals surface area contributed by atoms with Gasteiger partial charge in [-0.1, -0.05) is 0 Å². The lowest BCUT2D eigenvalue weighted by molar-refractivity contribution is 0.0598. The molecule has 0 radical (unpaired) electrons. The number of hydrogen-bond acceptors (Lipinski definition) is 3. The van der Waals surface area contributed by atoms with Gasteiger partial charge in [-0.15, -0.1) is 0 Å². The van der Waals surface area contributed by atoms with Crippen molar-refractivity contribution in [2.45, 2.75) is 19.3 Å². The molecule has 1 aromatic heterocycles. The summed E-state index contributed by atoms with van der Waals surface area (Å²) in [5.74, 6) is 1.07. The van der Waals surface area contributed by atoms with Crippen LogP contribution in [0.5, 0.6) is 0 Å². The zero-order valence-corrected chi connectivity index (χ0v) is 8.03. The van der Waals surface area contributed by atoms with E-state index in [2.05, 4.69) is 9.97 Å². The fourth-order valence-electron chi connectivity index (χ4n) is 1.73. The number of ketones is 1. The molecule has 0 bridgehead atoms. The summed E-state index contributed by atoms with van der Waals surface area (Å²) in [5.41, 5.74) is 0. The Morgan fingerprint density at radius 1 is 1.57 bits per heavy atom. The number of nitrogens with one attached hydrogen (secondary N) is 1. The Balaban J connectivity index is 1.87. The van der Waals surface area contributed by atoms with E-state index in [9.17, 15) is 4.79 Å². The van der Waals surface area contributed by atoms with Crippen LogP contribution in [0.15, 0.2) is 12.4 Å². The molecule has 1 saturated heterocycles. The van der Waals surface area contributed by atoms with Gasteiger partial charge in [0.2, 0.25) is 0 Å². The first-order chi connectivity index (χ1) is 6.86. The number of aromatic amines is 1. The first-order valence-corrected chi connectivity index (χ1v) is 4.96. The van der Waals surface area contributed by atoms with Crippen molar-refractivity contribution in [2.75, 3.05) is 13.2 Å². The molecule has 0 aromatic carbocycles. The lowest BCUT2D eigenvalue weighted by atomic mass is 9.94. The molecule has 0 atom stereocenters. The number of aromatic nitrogens is 2. The van der Waals surface area contributed by atoms with Crippen LogP contribution in [-0.4, -0.2) is 29.0 Å². The van der Waals surface area contributed by atoms with Crippen molar-refractivity contribution in [1.82, 2.24) is 9.97 Å². The lowest BCUT2D eigenvalue weighted by Crippen LogP contribution is -2.19. The monoisotopic (exact) mass is 194 g/mol. The molecule has 0 saturated carbocycles. The van der Waals surface area contributed by atoms with E-state index < -0.39 is 0 Å². The molecule has 0 amide bonds. The van der Waals surface area contributed by atoms with Crippen LogP contribution in [0.25, 0.3) is 0 Å². The van der Waals surface area contributed by atoms with Crippen molar-refractivity contribution in [2.24, 2.45) is 5.92 Å². The van der Waals surface area contributed by atoms with Gasteiger partial charge >= 0.3 is 0 Å². The number of imidazole rings is 1. The Labute approximate surface area is 82.7 Å². The Bertz CT molecular complexity index is 289. The topological polar surface area (TPSA) is 55.0 Å². The molecule has 1 aromatic rings. The normalized spacial score (nSPS) is 18.3. The van der Waals surface area contributed by atoms with E-state index in [0.29, 0.717) is 18.2 Å². The van der Waals surface area contributed by atoms with Gasteiger partial charge in [0.15, 0.2) is 11.6 Å². The van der Waals surface area contributed by atoms with Crippen molar-refractivity contribution in [3.63, 3.8) is 0 Å². The molecular weight excluding hydrogens is 180 g/mol. The first kappa shape index (κ1) is 9.40. The minimum absolute atomic E-state index is 0.113. The van der Waals surface area contributed by atoms with Gasteiger partial charge in [0.05, 0.1) is 0 Å². The van der Waals surface area contributed by atoms with Crippen molar-refractivity contribution < 1.29 is 9.53 Å². The Hall–Kier alpha value is -1.16. The van der Waals surface area contributed by atoms with Crippen molar-refractivity contribution in [3.8, 4) is 0 Å². The number of hydrogen-bond donors (Lipinski definition) is 1. The average Bonchev–Trinajstić information content (AvgIpc) is 2.72. The maximum Gasteiger partial charge on any atom is 0.198 e. The number of carbonyl (C=O) groups is 1. The molecule has 1 aliphatic heterocycles. The first-order valence-electron chi connectivity index (χ1n) is 4.96. The minimum atomic E-state index is 0.113. The molecule has 4 heteroatoms. The lowest BCUT2D eigenvalue weighted by Gasteiger charge is -2.20. The highest BCUT2D eigenvalue weighted by Gasteiger charge is 2.19. The van der Waals surface area contributed by atoms with Crippen molar-refractivity contribution in [1.29, 1.82) is 0 Å². The van der Waals surface area contributed by atoms with Crippen LogP contribution < -0.4 is 0 Å². The van der Waals surface area contributed by atoms with Crippen LogP contribution >= 0.6 is 0 Å². The van der Waals surface area contributed by atoms with Gasteiger partial charge < -0.3 is 9.72 Å². The van der Waals surface area contributed by atoms with Crippen LogP contribution in [0.1, 0.15) is 29.9 Å². The van der Waals surface area contributed by atoms with Crippen LogP contribution in [-0.2, 0) is 4.74 Å². The zero-order chi connectivity index (χ0) is 9.80. The maximum absolute atomic E-state index is 11.6. The summed E-state index contributed by atoms with van der Waals surface area (Å²) in [5, 5.41) is 0. The van der Waals surface area contributed by atoms with E-state index in [1.807, 2.05) is 0 Å². The van der Waals surface area contributed by atoms with Gasteiger partial charge in [-0.05, 0) is 18.8 Å². The zero-order valence-electron chi connectivity index (χ0n) is 8.03. The number of H-pyrrole nitrogens is 1. The summed E-state index contributed by atoms with van der Waals surface area (Å²) < 4.78 is 5.24. The molecule has 0 aliphatic carbocycles. The number of Topliss-reactive ketones (excluding diaryl/α,β-unsaturated/α-hetero) is 1. The van der Waals surface area contributed by atoms with Crippen LogP contribution in [0.3, 0.4) is 0 Å². The molecular formula is C10H14N2O2. The molecule has 1 aliphatic rings. The number of ether oxygens (including phenoxy) is 1. The SMILES string of the molecule is O=C(CC1CCOCC1)c1ncc[nH]1. The number of carbonyl (C=O) groups excluding carboxylic acids is 1. The van der Waals surface area contributed by atoms with Gasteiger partial charge in [-0.2, -0.15) is 0 Å². The van der Waals surface area contributed by atoms with Gasteiger partial charge in [0, 0.05) is 32.0 Å². The molecule has 14 heavy (non-hydrogen) atoms. The highest BCUT2D eigenvalue weighted by Crippen LogP contribution is 2.19. The Kier molecular flexibility index (Phi) is 2.93. The molecule has 2 heterocycles. The maximum atomic E-state index is 11.6. The Morgan fingerprint density at radius 3 is 3.00 bits per heavy atom. The fraction of sp³-hybridized carbons (Fsp3) is 0.600. The molecule has 4 nitrogen and oxygen atoms in total. The molecule has 1 fully saturated rings. The number of nitrogens with zero attached hydrogens (tertiary/aromatic N) is 1. The van der Waals surface area contributed by atoms with Gasteiger partial charge in [-0.3, -0.25) is 4.79 Å². The van der Waals surface area contributed by atoms with Crippen LogP contribution in [0, 0.1) is 5.92 Å². The quantitative estimate of drug-likeness (QED) is 0.740. The highest BCUT2D eigenvalue weighted by molar-refractivity contribution is 5.92. The summed E-state index contributed by atoms with van der Waals surface area (Å²) >= 11 is 0. The van der Waals surface area contributed by atoms with Crippen LogP contribution in [0.4, 0.5) is 0 Å². The van der Waals surface area contributed by atoms with Gasteiger partial charge in [-0.25, -0.2) is 4.98 Å². The van der Waals surface area contributed by atoms with Crippen molar-refractivity contribution in [3.05, 3.63) is 18.2 Å². The molecule has 0 spiro atoms. The van der Waals surface area contributed by atoms with Crippen LogP contribution in [0.2, 0.25) is 0 Å². The third-order valence-corrected chi connectivity index (χ3v) is 2.58. The summed E-state index contributed by atoms with van der Waals surface area (Å²) in [6, 6.07) is 0. The Morgan fingerprint density at radius 2 is 2.36 bits per heavy atom. The van der Waals surface area contributed by atoms with E-state index in [-0.39, 0.29) is 5.78 Å². The second-order valence-electron chi connectivity index (χ2n) is 3.62. The van der Waals surface area contributed by atoms with Crippen molar-refractivity contribution >= 4 is 5.78 Å². The second kappa shape index (κ2) is 4.37. The largest absolute Gasteiger partial charge is 0.381 e. The molecule has 1 N–H and O–H groups in total. The predicted octanol–water partition coefficient (Wildman–Crippen LogP) is 1.41. The average molecular weight is 194 g/mol. The summed E-state index contributed by atoms with van der Waals surface area (Å²) in [4.78, 5) is 18.4. The molecule has 76 valence electrons. The number of rotatable bonds is 3. The van der Waals surface area contributed by atoms with E-state index in [1.54, 1.807) is 12.4 Å². The third kappa shape index (κ3) is 2.20. The van der Waals surface area contributed by atoms with E-state index in [4.69, 9.17) is 4.74 Å². The summed E-state index contributed by atoms with van der Waals surface area (Å²) in [6.45, 7) is 1.58. The molecule has 2 rings (SSSR count). The predicted molar refractivity (Wildman–Crippen MR) is 51.1 cm³/mol. The van der Waals surface area contributed by atoms with E-state index in [0.717, 1.165) is 26.1 Å². The third-order valence-electron chi connectivity index (χ3n) is 2.58. The summed E-state index contributed by atoms with van der Waals surface area (Å²) in [7, 11) is 0. The van der Waals surface area contributed by atoms with E-state index >= 15 is 0 Å². The molecule has 0 unspecified atom stereocenters. The minimum Gasteiger partial charge on any atom is -0.381 e.